The van der Waals surface area contributed by atoms with Gasteiger partial charge in [0.05, 0.1) is 39.9 Å². The van der Waals surface area contributed by atoms with Gasteiger partial charge in [0, 0.05) is 6.42 Å². The van der Waals surface area contributed by atoms with Crippen molar-refractivity contribution in [2.75, 3.05) is 40.9 Å². The van der Waals surface area contributed by atoms with Crippen molar-refractivity contribution in [2.24, 2.45) is 0 Å². The number of likely N-dealkylation sites (N-methyl/N-ethyl adjacent to an activating group) is 1. The smallest absolute Gasteiger partial charge is 0.268 e. The molecule has 8 nitrogen and oxygen atoms in total. The average molecular weight is 695 g/mol. The maximum absolute atomic E-state index is 12.7. The van der Waals surface area contributed by atoms with Crippen LogP contribution in [0.2, 0.25) is 0 Å². The standard InChI is InChI=1S/C39H71N2O6P/c1-6-8-10-12-14-16-17-18-19-20-21-22-23-25-27-29-31-33-39(43)40-37(36-47-48(44,45)46-35-34-41(3,4)5)38(42)32-30-28-26-24-15-13-11-9-7-2/h7,9,14-16,18-19,24,30,32,37-38,42H,6,8,10-13,17,20-23,25-29,31,33-36H2,1-5H3,(H-,40,43,44,45)/b9-7+,16-14-,19-18-,24-15+,32-30+. The van der Waals surface area contributed by atoms with Crippen LogP contribution >= 0.6 is 7.82 Å². The summed E-state index contributed by atoms with van der Waals surface area (Å²) >= 11 is 0. The number of aliphatic hydroxyl groups is 1. The lowest BCUT2D eigenvalue weighted by Crippen LogP contribution is -2.45. The van der Waals surface area contributed by atoms with Gasteiger partial charge in [-0.25, -0.2) is 0 Å². The normalized spacial score (nSPS) is 15.4. The van der Waals surface area contributed by atoms with Gasteiger partial charge in [-0.05, 0) is 71.1 Å². The van der Waals surface area contributed by atoms with Gasteiger partial charge in [-0.15, -0.1) is 0 Å². The van der Waals surface area contributed by atoms with Gasteiger partial charge in [-0.3, -0.25) is 9.36 Å². The summed E-state index contributed by atoms with van der Waals surface area (Å²) in [6.45, 7) is 4.31. The number of rotatable bonds is 32. The molecule has 0 heterocycles. The molecule has 0 radical (unpaired) electrons. The van der Waals surface area contributed by atoms with E-state index in [0.717, 1.165) is 64.2 Å². The van der Waals surface area contributed by atoms with Crippen LogP contribution in [0.1, 0.15) is 129 Å². The van der Waals surface area contributed by atoms with Crippen LogP contribution < -0.4 is 10.2 Å². The summed E-state index contributed by atoms with van der Waals surface area (Å²) in [6, 6.07) is -0.912. The number of carbonyl (C=O) groups excluding carboxylic acids is 1. The van der Waals surface area contributed by atoms with Gasteiger partial charge in [0.1, 0.15) is 13.2 Å². The number of aliphatic hydroxyl groups excluding tert-OH is 1. The lowest BCUT2D eigenvalue weighted by molar-refractivity contribution is -0.870. The van der Waals surface area contributed by atoms with Gasteiger partial charge in [0.2, 0.25) is 5.91 Å². The van der Waals surface area contributed by atoms with Crippen LogP contribution in [0.5, 0.6) is 0 Å². The van der Waals surface area contributed by atoms with E-state index in [-0.39, 0.29) is 12.5 Å². The third-order valence-electron chi connectivity index (χ3n) is 7.77. The SMILES string of the molecule is C/C=C/CC/C=C/CC/C=C/C(O)C(COP(=O)([O-])OCC[N+](C)(C)C)NC(=O)CCCCCCCCC/C=C\C/C=C\CCCCC. The highest BCUT2D eigenvalue weighted by Gasteiger charge is 2.23. The van der Waals surface area contributed by atoms with Crippen molar-refractivity contribution in [2.45, 2.75) is 142 Å². The number of unbranched alkanes of at least 4 members (excludes halogenated alkanes) is 12. The largest absolute Gasteiger partial charge is 0.756 e. The predicted molar refractivity (Wildman–Crippen MR) is 201 cm³/mol. The lowest BCUT2D eigenvalue weighted by Gasteiger charge is -2.29. The summed E-state index contributed by atoms with van der Waals surface area (Å²) in [6.07, 6.45) is 38.6. The van der Waals surface area contributed by atoms with Gasteiger partial charge in [0.25, 0.3) is 7.82 Å². The number of quaternary nitrogens is 1. The van der Waals surface area contributed by atoms with Gasteiger partial charge in [-0.1, -0.05) is 113 Å². The average Bonchev–Trinajstić information content (AvgIpc) is 3.02. The fourth-order valence-corrected chi connectivity index (χ4v) is 5.47. The predicted octanol–water partition coefficient (Wildman–Crippen LogP) is 8.88. The van der Waals surface area contributed by atoms with Crippen molar-refractivity contribution in [1.29, 1.82) is 0 Å². The molecule has 0 aliphatic carbocycles. The summed E-state index contributed by atoms with van der Waals surface area (Å²) in [5.74, 6) is -0.227. The Labute approximate surface area is 294 Å². The first-order chi connectivity index (χ1) is 23.0. The maximum atomic E-state index is 12.7. The topological polar surface area (TPSA) is 108 Å². The Bertz CT molecular complexity index is 970. The molecule has 3 unspecified atom stereocenters. The second-order valence-electron chi connectivity index (χ2n) is 13.6. The second kappa shape index (κ2) is 31.2. The van der Waals surface area contributed by atoms with E-state index in [4.69, 9.17) is 9.05 Å². The van der Waals surface area contributed by atoms with Gasteiger partial charge >= 0.3 is 0 Å². The summed E-state index contributed by atoms with van der Waals surface area (Å²) in [4.78, 5) is 25.1. The minimum atomic E-state index is -4.59. The Morgan fingerprint density at radius 2 is 1.31 bits per heavy atom. The fourth-order valence-electron chi connectivity index (χ4n) is 4.75. The Balaban J connectivity index is 4.51. The number of nitrogens with one attached hydrogen (secondary N) is 1. The van der Waals surface area contributed by atoms with Crippen molar-refractivity contribution in [3.05, 3.63) is 60.8 Å². The second-order valence-corrected chi connectivity index (χ2v) is 15.0. The zero-order chi connectivity index (χ0) is 35.8. The molecule has 2 N–H and O–H groups in total. The van der Waals surface area contributed by atoms with Crippen molar-refractivity contribution < 1.29 is 32.9 Å². The third-order valence-corrected chi connectivity index (χ3v) is 8.74. The van der Waals surface area contributed by atoms with Crippen LogP contribution in [-0.2, 0) is 18.4 Å². The molecule has 278 valence electrons. The van der Waals surface area contributed by atoms with E-state index in [2.05, 4.69) is 54.8 Å². The quantitative estimate of drug-likeness (QED) is 0.0315. The summed E-state index contributed by atoms with van der Waals surface area (Å²) < 4.78 is 23.0. The molecule has 0 aromatic rings. The minimum Gasteiger partial charge on any atom is -0.756 e. The summed E-state index contributed by atoms with van der Waals surface area (Å²) in [5, 5.41) is 13.6. The molecule has 0 aliphatic heterocycles. The molecule has 0 aliphatic rings. The van der Waals surface area contributed by atoms with Gasteiger partial charge < -0.3 is 28.8 Å². The zero-order valence-electron chi connectivity index (χ0n) is 31.2. The Hall–Kier alpha value is -1.80. The number of hydrogen-bond acceptors (Lipinski definition) is 6. The molecule has 0 fully saturated rings. The third kappa shape index (κ3) is 32.7. The molecule has 0 spiro atoms. The number of amides is 1. The van der Waals surface area contributed by atoms with E-state index in [9.17, 15) is 19.4 Å². The van der Waals surface area contributed by atoms with E-state index < -0.39 is 26.6 Å². The summed E-state index contributed by atoms with van der Waals surface area (Å²) in [5.41, 5.74) is 0. The maximum Gasteiger partial charge on any atom is 0.268 e. The van der Waals surface area contributed by atoms with Crippen LogP contribution in [0, 0.1) is 0 Å². The zero-order valence-corrected chi connectivity index (χ0v) is 32.1. The fraction of sp³-hybridized carbons (Fsp3) is 0.718. The van der Waals surface area contributed by atoms with Gasteiger partial charge in [-0.2, -0.15) is 0 Å². The van der Waals surface area contributed by atoms with Crippen LogP contribution in [-0.4, -0.2) is 68.5 Å². The first-order valence-electron chi connectivity index (χ1n) is 18.6. The Morgan fingerprint density at radius 1 is 0.771 bits per heavy atom. The summed E-state index contributed by atoms with van der Waals surface area (Å²) in [7, 11) is 1.21. The number of phosphoric ester groups is 1. The molecule has 0 aromatic carbocycles. The van der Waals surface area contributed by atoms with Crippen molar-refractivity contribution in [3.8, 4) is 0 Å². The Kier molecular flexibility index (Phi) is 30.0. The van der Waals surface area contributed by atoms with E-state index in [1.807, 2.05) is 40.2 Å². The number of phosphoric acid groups is 1. The van der Waals surface area contributed by atoms with E-state index in [1.54, 1.807) is 6.08 Å². The first-order valence-corrected chi connectivity index (χ1v) is 20.1. The van der Waals surface area contributed by atoms with Crippen LogP contribution in [0.25, 0.3) is 0 Å². The van der Waals surface area contributed by atoms with Crippen molar-refractivity contribution >= 4 is 13.7 Å². The van der Waals surface area contributed by atoms with Crippen molar-refractivity contribution in [3.63, 3.8) is 0 Å². The van der Waals surface area contributed by atoms with E-state index in [1.165, 1.54) is 44.9 Å². The van der Waals surface area contributed by atoms with Crippen molar-refractivity contribution in [1.82, 2.24) is 5.32 Å². The van der Waals surface area contributed by atoms with Crippen LogP contribution in [0.4, 0.5) is 0 Å². The first kappa shape index (κ1) is 46.2. The number of hydrogen-bond donors (Lipinski definition) is 2. The molecular weight excluding hydrogens is 623 g/mol. The molecule has 48 heavy (non-hydrogen) atoms. The van der Waals surface area contributed by atoms with E-state index in [0.29, 0.717) is 17.4 Å². The number of allylic oxidation sites excluding steroid dienone is 9. The molecule has 0 aromatic heterocycles. The molecule has 3 atom stereocenters. The lowest BCUT2D eigenvalue weighted by atomic mass is 10.1. The molecule has 0 rings (SSSR count). The highest BCUT2D eigenvalue weighted by Crippen LogP contribution is 2.38. The highest BCUT2D eigenvalue weighted by molar-refractivity contribution is 7.45. The number of carbonyl (C=O) groups is 1. The molecule has 0 saturated heterocycles. The number of nitrogens with zero attached hydrogens (tertiary/aromatic N) is 1. The molecule has 1 amide bonds. The monoisotopic (exact) mass is 695 g/mol. The Morgan fingerprint density at radius 3 is 1.92 bits per heavy atom. The van der Waals surface area contributed by atoms with Crippen LogP contribution in [0.15, 0.2) is 60.8 Å². The minimum absolute atomic E-state index is 0.0137. The highest BCUT2D eigenvalue weighted by atomic mass is 31.2. The molecule has 0 saturated carbocycles. The van der Waals surface area contributed by atoms with Crippen LogP contribution in [0.3, 0.4) is 0 Å². The van der Waals surface area contributed by atoms with Gasteiger partial charge in [0.15, 0.2) is 0 Å². The molecular formula is C39H71N2O6P. The van der Waals surface area contributed by atoms with E-state index >= 15 is 0 Å². The molecule has 9 heteroatoms. The molecule has 0 bridgehead atoms.